The standard InChI is InChI=1S/C13H18O/c1-5-6-10-7-8-12(14)11(9-10)13(2,3)4/h5,7-9,14H,1,6H2,2-4H3. The summed E-state index contributed by atoms with van der Waals surface area (Å²) in [6.45, 7) is 10.00. The van der Waals surface area contributed by atoms with Crippen LogP contribution in [0.25, 0.3) is 0 Å². The zero-order valence-electron chi connectivity index (χ0n) is 9.17. The molecule has 0 saturated carbocycles. The van der Waals surface area contributed by atoms with Crippen LogP contribution in [0.3, 0.4) is 0 Å². The first-order valence-electron chi connectivity index (χ1n) is 4.88. The largest absolute Gasteiger partial charge is 0.508 e. The number of hydrogen-bond donors (Lipinski definition) is 1. The maximum Gasteiger partial charge on any atom is 0.119 e. The van der Waals surface area contributed by atoms with Crippen molar-refractivity contribution in [3.05, 3.63) is 42.0 Å². The van der Waals surface area contributed by atoms with Crippen LogP contribution >= 0.6 is 0 Å². The molecule has 0 unspecified atom stereocenters. The number of aromatic hydroxyl groups is 1. The van der Waals surface area contributed by atoms with E-state index in [-0.39, 0.29) is 5.41 Å². The Balaban J connectivity index is 3.15. The van der Waals surface area contributed by atoms with Crippen molar-refractivity contribution in [1.82, 2.24) is 0 Å². The maximum absolute atomic E-state index is 9.71. The van der Waals surface area contributed by atoms with Gasteiger partial charge >= 0.3 is 0 Å². The molecule has 1 aromatic rings. The van der Waals surface area contributed by atoms with E-state index in [0.29, 0.717) is 5.75 Å². The zero-order chi connectivity index (χ0) is 10.8. The molecular formula is C13H18O. The van der Waals surface area contributed by atoms with Crippen LogP contribution < -0.4 is 0 Å². The van der Waals surface area contributed by atoms with Crippen LogP contribution in [0.2, 0.25) is 0 Å². The second kappa shape index (κ2) is 3.87. The second-order valence-corrected chi connectivity index (χ2v) is 4.59. The fourth-order valence-corrected chi connectivity index (χ4v) is 1.48. The van der Waals surface area contributed by atoms with Gasteiger partial charge < -0.3 is 5.11 Å². The van der Waals surface area contributed by atoms with Gasteiger partial charge in [0.25, 0.3) is 0 Å². The van der Waals surface area contributed by atoms with Gasteiger partial charge in [-0.3, -0.25) is 0 Å². The summed E-state index contributed by atoms with van der Waals surface area (Å²) in [5.41, 5.74) is 2.18. The van der Waals surface area contributed by atoms with E-state index >= 15 is 0 Å². The Hall–Kier alpha value is -1.24. The quantitative estimate of drug-likeness (QED) is 0.708. The Morgan fingerprint density at radius 2 is 2.00 bits per heavy atom. The molecule has 0 amide bonds. The van der Waals surface area contributed by atoms with Crippen LogP contribution in [-0.2, 0) is 11.8 Å². The molecule has 0 saturated heterocycles. The molecule has 0 atom stereocenters. The van der Waals surface area contributed by atoms with Crippen molar-refractivity contribution in [2.24, 2.45) is 0 Å². The molecule has 0 aliphatic heterocycles. The third kappa shape index (κ3) is 2.38. The molecule has 0 bridgehead atoms. The van der Waals surface area contributed by atoms with Crippen LogP contribution in [0.5, 0.6) is 5.75 Å². The lowest BCUT2D eigenvalue weighted by Crippen LogP contribution is -2.11. The molecule has 1 rings (SSSR count). The summed E-state index contributed by atoms with van der Waals surface area (Å²) in [5.74, 6) is 0.380. The molecule has 1 N–H and O–H groups in total. The topological polar surface area (TPSA) is 20.2 Å². The first kappa shape index (κ1) is 10.8. The molecule has 0 aliphatic carbocycles. The second-order valence-electron chi connectivity index (χ2n) is 4.59. The van der Waals surface area contributed by atoms with Gasteiger partial charge in [0.15, 0.2) is 0 Å². The van der Waals surface area contributed by atoms with Gasteiger partial charge in [-0.15, -0.1) is 6.58 Å². The van der Waals surface area contributed by atoms with Crippen molar-refractivity contribution in [2.45, 2.75) is 32.6 Å². The summed E-state index contributed by atoms with van der Waals surface area (Å²) in [6.07, 6.45) is 2.72. The lowest BCUT2D eigenvalue weighted by atomic mass is 9.85. The predicted molar refractivity (Wildman–Crippen MR) is 60.7 cm³/mol. The van der Waals surface area contributed by atoms with Gasteiger partial charge in [-0.2, -0.15) is 0 Å². The SMILES string of the molecule is C=CCc1ccc(O)c(C(C)(C)C)c1. The van der Waals surface area contributed by atoms with Gasteiger partial charge in [0.05, 0.1) is 0 Å². The van der Waals surface area contributed by atoms with Crippen molar-refractivity contribution >= 4 is 0 Å². The van der Waals surface area contributed by atoms with Crippen LogP contribution in [0.4, 0.5) is 0 Å². The molecule has 1 aromatic carbocycles. The highest BCUT2D eigenvalue weighted by molar-refractivity contribution is 5.40. The molecule has 1 heteroatoms. The maximum atomic E-state index is 9.71. The van der Waals surface area contributed by atoms with E-state index in [2.05, 4.69) is 33.4 Å². The molecule has 0 aliphatic rings. The third-order valence-electron chi connectivity index (χ3n) is 2.25. The average Bonchev–Trinajstić information content (AvgIpc) is 2.07. The number of rotatable bonds is 2. The Morgan fingerprint density at radius 3 is 2.50 bits per heavy atom. The van der Waals surface area contributed by atoms with E-state index in [9.17, 15) is 5.11 Å². The number of phenolic OH excluding ortho intramolecular Hbond substituents is 1. The van der Waals surface area contributed by atoms with E-state index in [1.807, 2.05) is 12.1 Å². The highest BCUT2D eigenvalue weighted by atomic mass is 16.3. The Labute approximate surface area is 86.1 Å². The van der Waals surface area contributed by atoms with Gasteiger partial charge in [0.1, 0.15) is 5.75 Å². The number of phenols is 1. The van der Waals surface area contributed by atoms with Crippen molar-refractivity contribution in [3.63, 3.8) is 0 Å². The van der Waals surface area contributed by atoms with Crippen LogP contribution in [0.1, 0.15) is 31.9 Å². The predicted octanol–water partition coefficient (Wildman–Crippen LogP) is 3.42. The normalized spacial score (nSPS) is 11.4. The molecule has 14 heavy (non-hydrogen) atoms. The summed E-state index contributed by atoms with van der Waals surface area (Å²) in [4.78, 5) is 0. The fourth-order valence-electron chi connectivity index (χ4n) is 1.48. The highest BCUT2D eigenvalue weighted by Gasteiger charge is 2.17. The minimum atomic E-state index is -0.0126. The first-order valence-corrected chi connectivity index (χ1v) is 4.88. The summed E-state index contributed by atoms with van der Waals surface area (Å²) in [5, 5.41) is 9.71. The van der Waals surface area contributed by atoms with E-state index in [4.69, 9.17) is 0 Å². The van der Waals surface area contributed by atoms with Gasteiger partial charge in [0.2, 0.25) is 0 Å². The van der Waals surface area contributed by atoms with Gasteiger partial charge in [-0.05, 0) is 29.0 Å². The van der Waals surface area contributed by atoms with Gasteiger partial charge in [0, 0.05) is 0 Å². The lowest BCUT2D eigenvalue weighted by Gasteiger charge is -2.21. The fraction of sp³-hybridized carbons (Fsp3) is 0.385. The van der Waals surface area contributed by atoms with Crippen molar-refractivity contribution in [3.8, 4) is 5.75 Å². The van der Waals surface area contributed by atoms with Crippen molar-refractivity contribution < 1.29 is 5.11 Å². The van der Waals surface area contributed by atoms with E-state index in [1.54, 1.807) is 6.07 Å². The summed E-state index contributed by atoms with van der Waals surface area (Å²) < 4.78 is 0. The molecule has 0 heterocycles. The Morgan fingerprint density at radius 1 is 1.36 bits per heavy atom. The van der Waals surface area contributed by atoms with Crippen LogP contribution in [-0.4, -0.2) is 5.11 Å². The molecule has 0 aromatic heterocycles. The number of allylic oxidation sites excluding steroid dienone is 1. The molecule has 1 nitrogen and oxygen atoms in total. The highest BCUT2D eigenvalue weighted by Crippen LogP contribution is 2.31. The molecular weight excluding hydrogens is 172 g/mol. The summed E-state index contributed by atoms with van der Waals surface area (Å²) >= 11 is 0. The average molecular weight is 190 g/mol. The molecule has 76 valence electrons. The molecule has 0 fully saturated rings. The third-order valence-corrected chi connectivity index (χ3v) is 2.25. The lowest BCUT2D eigenvalue weighted by molar-refractivity contribution is 0.446. The van der Waals surface area contributed by atoms with E-state index in [1.165, 1.54) is 5.56 Å². The van der Waals surface area contributed by atoms with Gasteiger partial charge in [-0.25, -0.2) is 0 Å². The monoisotopic (exact) mass is 190 g/mol. The van der Waals surface area contributed by atoms with Crippen LogP contribution in [0.15, 0.2) is 30.9 Å². The molecule has 0 radical (unpaired) electrons. The van der Waals surface area contributed by atoms with Crippen LogP contribution in [0, 0.1) is 0 Å². The minimum Gasteiger partial charge on any atom is -0.508 e. The van der Waals surface area contributed by atoms with Crippen molar-refractivity contribution in [1.29, 1.82) is 0 Å². The Kier molecular flexibility index (Phi) is 3.00. The summed E-state index contributed by atoms with van der Waals surface area (Å²) in [6, 6.07) is 5.75. The first-order chi connectivity index (χ1) is 6.45. The van der Waals surface area contributed by atoms with Crippen molar-refractivity contribution in [2.75, 3.05) is 0 Å². The van der Waals surface area contributed by atoms with E-state index in [0.717, 1.165) is 12.0 Å². The molecule has 0 spiro atoms. The minimum absolute atomic E-state index is 0.0126. The number of benzene rings is 1. The smallest absolute Gasteiger partial charge is 0.119 e. The van der Waals surface area contributed by atoms with Gasteiger partial charge in [-0.1, -0.05) is 39.0 Å². The van der Waals surface area contributed by atoms with E-state index < -0.39 is 0 Å². The summed E-state index contributed by atoms with van der Waals surface area (Å²) in [7, 11) is 0. The Bertz CT molecular complexity index is 332. The number of hydrogen-bond acceptors (Lipinski definition) is 1. The zero-order valence-corrected chi connectivity index (χ0v) is 9.17.